The number of carbonyl (C=O) groups is 3. The van der Waals surface area contributed by atoms with Crippen LogP contribution >= 0.6 is 0 Å². The molecule has 1 fully saturated rings. The van der Waals surface area contributed by atoms with Gasteiger partial charge in [-0.2, -0.15) is 0 Å². The second-order valence-corrected chi connectivity index (χ2v) is 5.98. The highest BCUT2D eigenvalue weighted by atomic mass is 16.5. The molecule has 0 bridgehead atoms. The van der Waals surface area contributed by atoms with Gasteiger partial charge < -0.3 is 19.7 Å². The smallest absolute Gasteiger partial charge is 0.339 e. The predicted molar refractivity (Wildman–Crippen MR) is 95.9 cm³/mol. The molecule has 0 atom stereocenters. The lowest BCUT2D eigenvalue weighted by molar-refractivity contribution is -0.133. The number of nitrogens with one attached hydrogen (secondary N) is 1. The van der Waals surface area contributed by atoms with Crippen molar-refractivity contribution in [3.63, 3.8) is 0 Å². The van der Waals surface area contributed by atoms with Gasteiger partial charge in [-0.1, -0.05) is 12.1 Å². The number of nitrogens with zero attached hydrogens (tertiary/aromatic N) is 2. The quantitative estimate of drug-likeness (QED) is 0.714. The fourth-order valence-electron chi connectivity index (χ4n) is 2.68. The molecular formula is C18H25N3O5. The molecule has 0 saturated carbocycles. The van der Waals surface area contributed by atoms with E-state index in [9.17, 15) is 14.4 Å². The van der Waals surface area contributed by atoms with Gasteiger partial charge in [-0.15, -0.1) is 0 Å². The third kappa shape index (κ3) is 5.82. The largest absolute Gasteiger partial charge is 0.465 e. The number of benzene rings is 1. The number of para-hydroxylation sites is 1. The van der Waals surface area contributed by atoms with Gasteiger partial charge in [0.05, 0.1) is 38.1 Å². The molecule has 1 N–H and O–H groups in total. The summed E-state index contributed by atoms with van der Waals surface area (Å²) in [5.74, 6) is -1.06. The Hall–Kier alpha value is -2.45. The summed E-state index contributed by atoms with van der Waals surface area (Å²) in [5, 5.41) is 2.68. The summed E-state index contributed by atoms with van der Waals surface area (Å²) in [7, 11) is 1.28. The van der Waals surface area contributed by atoms with Crippen LogP contribution in [0.15, 0.2) is 24.3 Å². The fraction of sp³-hybridized carbons (Fsp3) is 0.500. The van der Waals surface area contributed by atoms with Crippen LogP contribution in [-0.4, -0.2) is 80.6 Å². The third-order valence-electron chi connectivity index (χ3n) is 4.18. The third-order valence-corrected chi connectivity index (χ3v) is 4.18. The van der Waals surface area contributed by atoms with Crippen LogP contribution in [0.5, 0.6) is 0 Å². The highest BCUT2D eigenvalue weighted by molar-refractivity contribution is 6.02. The highest BCUT2D eigenvalue weighted by Crippen LogP contribution is 2.16. The Morgan fingerprint density at radius 1 is 1.23 bits per heavy atom. The van der Waals surface area contributed by atoms with Crippen LogP contribution in [0.4, 0.5) is 5.69 Å². The molecule has 1 aliphatic rings. The minimum absolute atomic E-state index is 0.0742. The van der Waals surface area contributed by atoms with Crippen LogP contribution in [0.3, 0.4) is 0 Å². The molecule has 1 aromatic rings. The number of esters is 1. The van der Waals surface area contributed by atoms with E-state index < -0.39 is 5.97 Å². The molecule has 1 saturated heterocycles. The molecule has 0 aromatic heterocycles. The van der Waals surface area contributed by atoms with E-state index in [1.807, 2.05) is 0 Å². The van der Waals surface area contributed by atoms with E-state index in [0.29, 0.717) is 32.0 Å². The Balaban J connectivity index is 1.93. The van der Waals surface area contributed by atoms with Gasteiger partial charge in [0.1, 0.15) is 0 Å². The maximum atomic E-state index is 12.4. The first-order valence-corrected chi connectivity index (χ1v) is 8.54. The number of rotatable bonds is 7. The van der Waals surface area contributed by atoms with Crippen LogP contribution in [0.25, 0.3) is 0 Å². The lowest BCUT2D eigenvalue weighted by Gasteiger charge is -2.29. The fourth-order valence-corrected chi connectivity index (χ4v) is 2.68. The summed E-state index contributed by atoms with van der Waals surface area (Å²) in [6.07, 6.45) is 0. The maximum absolute atomic E-state index is 12.4. The predicted octanol–water partition coefficient (Wildman–Crippen LogP) is 0.592. The van der Waals surface area contributed by atoms with Crippen molar-refractivity contribution >= 4 is 23.5 Å². The molecule has 1 heterocycles. The van der Waals surface area contributed by atoms with E-state index in [4.69, 9.17) is 9.47 Å². The lowest BCUT2D eigenvalue weighted by Crippen LogP contribution is -2.44. The first-order valence-electron chi connectivity index (χ1n) is 8.54. The van der Waals surface area contributed by atoms with E-state index in [1.54, 1.807) is 24.3 Å². The number of methoxy groups -OCH3 is 1. The van der Waals surface area contributed by atoms with Crippen LogP contribution in [0.2, 0.25) is 0 Å². The van der Waals surface area contributed by atoms with Gasteiger partial charge in [0, 0.05) is 33.1 Å². The molecule has 8 heteroatoms. The first-order chi connectivity index (χ1) is 12.5. The SMILES string of the molecule is COC(=O)c1ccccc1NC(=O)CN(CCN1CCOCC1)C(C)=O. The number of amides is 2. The average molecular weight is 363 g/mol. The Morgan fingerprint density at radius 3 is 2.58 bits per heavy atom. The summed E-state index contributed by atoms with van der Waals surface area (Å²) in [6, 6.07) is 6.59. The van der Waals surface area contributed by atoms with E-state index in [-0.39, 0.29) is 23.9 Å². The van der Waals surface area contributed by atoms with Gasteiger partial charge in [-0.25, -0.2) is 4.79 Å². The van der Waals surface area contributed by atoms with E-state index in [1.165, 1.54) is 18.9 Å². The second-order valence-electron chi connectivity index (χ2n) is 5.98. The number of ether oxygens (including phenoxy) is 2. The number of carbonyl (C=O) groups excluding carboxylic acids is 3. The van der Waals surface area contributed by atoms with Crippen LogP contribution in [0.1, 0.15) is 17.3 Å². The van der Waals surface area contributed by atoms with Crippen molar-refractivity contribution in [2.75, 3.05) is 58.4 Å². The summed E-state index contributed by atoms with van der Waals surface area (Å²) < 4.78 is 10.0. The number of morpholine rings is 1. The molecule has 8 nitrogen and oxygen atoms in total. The van der Waals surface area contributed by atoms with Crippen molar-refractivity contribution in [1.29, 1.82) is 0 Å². The maximum Gasteiger partial charge on any atom is 0.339 e. The Bertz CT molecular complexity index is 643. The monoisotopic (exact) mass is 363 g/mol. The molecule has 1 aromatic carbocycles. The second kappa shape index (κ2) is 9.88. The first kappa shape index (κ1) is 19.9. The van der Waals surface area contributed by atoms with Gasteiger partial charge in [-0.05, 0) is 12.1 Å². The number of hydrogen-bond acceptors (Lipinski definition) is 6. The van der Waals surface area contributed by atoms with Crippen molar-refractivity contribution in [3.05, 3.63) is 29.8 Å². The standard InChI is InChI=1S/C18H25N3O5/c1-14(22)21(8-7-20-9-11-26-12-10-20)13-17(23)19-16-6-4-3-5-15(16)18(24)25-2/h3-6H,7-13H2,1-2H3,(H,19,23). The lowest BCUT2D eigenvalue weighted by atomic mass is 10.2. The average Bonchev–Trinajstić information content (AvgIpc) is 2.65. The molecule has 2 rings (SSSR count). The topological polar surface area (TPSA) is 88.2 Å². The zero-order valence-electron chi connectivity index (χ0n) is 15.2. The van der Waals surface area contributed by atoms with Gasteiger partial charge >= 0.3 is 5.97 Å². The van der Waals surface area contributed by atoms with Crippen molar-refractivity contribution in [2.45, 2.75) is 6.92 Å². The number of hydrogen-bond donors (Lipinski definition) is 1. The van der Waals surface area contributed by atoms with Crippen molar-refractivity contribution in [2.24, 2.45) is 0 Å². The number of anilines is 1. The Labute approximate surface area is 153 Å². The molecule has 0 unspecified atom stereocenters. The van der Waals surface area contributed by atoms with Gasteiger partial charge in [0.25, 0.3) is 0 Å². The molecule has 2 amide bonds. The van der Waals surface area contributed by atoms with Crippen LogP contribution in [-0.2, 0) is 19.1 Å². The highest BCUT2D eigenvalue weighted by Gasteiger charge is 2.18. The zero-order chi connectivity index (χ0) is 18.9. The molecule has 26 heavy (non-hydrogen) atoms. The van der Waals surface area contributed by atoms with Crippen molar-refractivity contribution < 1.29 is 23.9 Å². The van der Waals surface area contributed by atoms with Gasteiger partial charge in [0.2, 0.25) is 11.8 Å². The summed E-state index contributed by atoms with van der Waals surface area (Å²) in [4.78, 5) is 39.7. The molecule has 0 radical (unpaired) electrons. The van der Waals surface area contributed by atoms with Gasteiger partial charge in [-0.3, -0.25) is 14.5 Å². The van der Waals surface area contributed by atoms with E-state index in [2.05, 4.69) is 10.2 Å². The molecule has 0 spiro atoms. The summed E-state index contributed by atoms with van der Waals surface area (Å²) in [6.45, 7) is 5.53. The van der Waals surface area contributed by atoms with Crippen molar-refractivity contribution in [1.82, 2.24) is 9.80 Å². The van der Waals surface area contributed by atoms with Crippen LogP contribution < -0.4 is 5.32 Å². The molecule has 142 valence electrons. The minimum atomic E-state index is -0.531. The molecular weight excluding hydrogens is 338 g/mol. The summed E-state index contributed by atoms with van der Waals surface area (Å²) in [5.41, 5.74) is 0.632. The zero-order valence-corrected chi connectivity index (χ0v) is 15.2. The Kier molecular flexibility index (Phi) is 7.55. The molecule has 0 aliphatic carbocycles. The van der Waals surface area contributed by atoms with Crippen molar-refractivity contribution in [3.8, 4) is 0 Å². The van der Waals surface area contributed by atoms with E-state index >= 15 is 0 Å². The minimum Gasteiger partial charge on any atom is -0.465 e. The van der Waals surface area contributed by atoms with Gasteiger partial charge in [0.15, 0.2) is 0 Å². The normalized spacial score (nSPS) is 14.5. The molecule has 1 aliphatic heterocycles. The summed E-state index contributed by atoms with van der Waals surface area (Å²) >= 11 is 0. The Morgan fingerprint density at radius 2 is 1.92 bits per heavy atom. The van der Waals surface area contributed by atoms with Crippen LogP contribution in [0, 0.1) is 0 Å². The van der Waals surface area contributed by atoms with E-state index in [0.717, 1.165) is 13.1 Å².